The molecule has 1 atom stereocenters. The lowest BCUT2D eigenvalue weighted by Gasteiger charge is -2.28. The molecule has 4 heterocycles. The summed E-state index contributed by atoms with van der Waals surface area (Å²) in [6.07, 6.45) is 2.51. The smallest absolute Gasteiger partial charge is 0.163 e. The molecule has 15 aromatic rings. The highest BCUT2D eigenvalue weighted by atomic mass is 19.1. The molecular weight excluding hydrogens is 1010 g/mol. The highest BCUT2D eigenvalue weighted by Gasteiger charge is 2.39. The van der Waals surface area contributed by atoms with E-state index in [0.717, 1.165) is 99.0 Å². The number of ether oxygens (including phenoxy) is 1. The fourth-order valence-electron chi connectivity index (χ4n) is 12.8. The first-order chi connectivity index (χ1) is 39.2. The molecule has 1 aliphatic carbocycles. The highest BCUT2D eigenvalue weighted by Crippen LogP contribution is 2.58. The molecule has 0 amide bonds. The Morgan fingerprint density at radius 3 is 1.52 bits per heavy atom. The van der Waals surface area contributed by atoms with E-state index in [1.165, 1.54) is 24.3 Å². The van der Waals surface area contributed by atoms with Gasteiger partial charge >= 0.3 is 0 Å². The van der Waals surface area contributed by atoms with E-state index in [-0.39, 0.29) is 11.6 Å². The maximum atomic E-state index is 15.8. The van der Waals surface area contributed by atoms with E-state index < -0.39 is 23.3 Å². The molecule has 2 aliphatic rings. The molecule has 1 unspecified atom stereocenters. The Morgan fingerprint density at radius 2 is 0.900 bits per heavy atom. The van der Waals surface area contributed by atoms with Crippen LogP contribution >= 0.6 is 0 Å². The van der Waals surface area contributed by atoms with E-state index in [9.17, 15) is 0 Å². The molecule has 0 bridgehead atoms. The van der Waals surface area contributed by atoms with E-state index in [2.05, 4.69) is 48.5 Å². The van der Waals surface area contributed by atoms with Gasteiger partial charge in [-0.2, -0.15) is 0 Å². The summed E-state index contributed by atoms with van der Waals surface area (Å²) in [4.78, 5) is 3.71. The van der Waals surface area contributed by atoms with E-state index in [0.29, 0.717) is 74.3 Å². The summed E-state index contributed by atoms with van der Waals surface area (Å²) in [6.45, 7) is 0. The zero-order valence-electron chi connectivity index (χ0n) is 42.0. The molecule has 0 radical (unpaired) electrons. The second-order valence-corrected chi connectivity index (χ2v) is 20.9. The van der Waals surface area contributed by atoms with E-state index in [4.69, 9.17) is 18.0 Å². The van der Waals surface area contributed by atoms with E-state index >= 15 is 17.6 Å². The number of allylic oxidation sites excluding steroid dienone is 1. The predicted octanol–water partition coefficient (Wildman–Crippen LogP) is 20.4. The lowest BCUT2D eigenvalue weighted by atomic mass is 9.84. The van der Waals surface area contributed by atoms with Crippen LogP contribution in [-0.2, 0) is 6.42 Å². The third-order valence-electron chi connectivity index (χ3n) is 16.3. The van der Waals surface area contributed by atoms with Crippen LogP contribution in [0.2, 0.25) is 0 Å². The van der Waals surface area contributed by atoms with Crippen LogP contribution < -0.4 is 14.5 Å². The van der Waals surface area contributed by atoms with Crippen molar-refractivity contribution in [3.63, 3.8) is 0 Å². The molecule has 0 fully saturated rings. The van der Waals surface area contributed by atoms with Crippen molar-refractivity contribution in [1.29, 1.82) is 0 Å². The Kier molecular flexibility index (Phi) is 9.29. The Bertz CT molecular complexity index is 5210. The lowest BCUT2D eigenvalue weighted by molar-refractivity contribution is 0.429. The fraction of sp³-hybridized carbons (Fsp3) is 0.0286. The van der Waals surface area contributed by atoms with Gasteiger partial charge in [0.25, 0.3) is 0 Å². The van der Waals surface area contributed by atoms with Crippen molar-refractivity contribution < 1.29 is 35.5 Å². The summed E-state index contributed by atoms with van der Waals surface area (Å²) in [7, 11) is 0. The average Bonchev–Trinajstić information content (AvgIpc) is 4.30. The zero-order chi connectivity index (χ0) is 53.1. The van der Waals surface area contributed by atoms with Gasteiger partial charge in [0.1, 0.15) is 62.6 Å². The molecule has 3 aromatic heterocycles. The summed E-state index contributed by atoms with van der Waals surface area (Å²) < 4.78 is 89.5. The lowest BCUT2D eigenvalue weighted by Crippen LogP contribution is -2.13. The Morgan fingerprint density at radius 1 is 0.375 bits per heavy atom. The Balaban J connectivity index is 0.867. The maximum Gasteiger partial charge on any atom is 0.163 e. The van der Waals surface area contributed by atoms with Crippen LogP contribution in [0, 0.1) is 23.3 Å². The maximum absolute atomic E-state index is 15.8. The quantitative estimate of drug-likeness (QED) is 0.155. The molecule has 0 saturated heterocycles. The second-order valence-electron chi connectivity index (χ2n) is 20.9. The number of nitrogens with zero attached hydrogens (tertiary/aromatic N) is 2. The highest BCUT2D eigenvalue weighted by molar-refractivity contribution is 6.21. The standard InChI is InChI=1S/C70H38F4N2O4/c71-43-28-44(72)31-50(30-43)75(48-17-21-60-58(34-48)66-52-11-5-3-7-37(52)14-19-62(66)77-60)47-16-13-41-27-65-55(25-42(41)23-47)57-36-56-54-24-39-9-1-2-10-40(39)26-64(54)79-69(56)68(70(57)80-65)76(51-32-45(73)29-46(74)33-51)49-18-22-61-59(35-49)67-53-12-6-4-8-38(53)15-20-63(67)78-61/h1-24,26-36,55H,25H2. The predicted molar refractivity (Wildman–Crippen MR) is 311 cm³/mol. The third-order valence-corrected chi connectivity index (χ3v) is 16.3. The number of benzene rings is 12. The molecule has 6 nitrogen and oxygen atoms in total. The molecule has 17 rings (SSSR count). The van der Waals surface area contributed by atoms with Crippen molar-refractivity contribution in [2.75, 3.05) is 9.80 Å². The van der Waals surface area contributed by atoms with Gasteiger partial charge in [0.05, 0.1) is 11.4 Å². The van der Waals surface area contributed by atoms with Crippen molar-refractivity contribution in [2.45, 2.75) is 12.3 Å². The number of fused-ring (bicyclic) bond motifs is 18. The van der Waals surface area contributed by atoms with E-state index in [1.54, 1.807) is 0 Å². The summed E-state index contributed by atoms with van der Waals surface area (Å²) in [5.41, 5.74) is 9.52. The van der Waals surface area contributed by atoms with Crippen molar-refractivity contribution in [1.82, 2.24) is 0 Å². The third kappa shape index (κ3) is 6.72. The van der Waals surface area contributed by atoms with Gasteiger partial charge in [-0.3, -0.25) is 0 Å². The number of halogens is 4. The molecule has 0 spiro atoms. The normalized spacial score (nSPS) is 14.0. The molecule has 80 heavy (non-hydrogen) atoms. The van der Waals surface area contributed by atoms with Crippen LogP contribution in [0.4, 0.5) is 51.7 Å². The minimum Gasteiger partial charge on any atom is -0.458 e. The molecule has 0 saturated carbocycles. The first-order valence-corrected chi connectivity index (χ1v) is 26.4. The van der Waals surface area contributed by atoms with Gasteiger partial charge in [-0.1, -0.05) is 91.0 Å². The zero-order valence-corrected chi connectivity index (χ0v) is 42.0. The van der Waals surface area contributed by atoms with E-state index in [1.807, 2.05) is 137 Å². The van der Waals surface area contributed by atoms with Gasteiger partial charge in [-0.15, -0.1) is 0 Å². The SMILES string of the molecule is Fc1cc(F)cc(N(c2ccc3c(c2)CC2C(=C3)Oc3c2cc2c(oc4cc5ccccc5cc42)c3N(c2cc(F)cc(F)c2)c2ccc3oc4ccc5ccccc5c4c3c2)c2ccc3oc4ccc5ccccc5c4c3c2)c1. The molecule has 1 aliphatic heterocycles. The van der Waals surface area contributed by atoms with Crippen LogP contribution in [-0.4, -0.2) is 0 Å². The van der Waals surface area contributed by atoms with Crippen LogP contribution in [0.15, 0.2) is 225 Å². The van der Waals surface area contributed by atoms with Crippen LogP contribution in [0.3, 0.4) is 0 Å². The van der Waals surface area contributed by atoms with Gasteiger partial charge in [0, 0.05) is 73.0 Å². The molecular formula is C70H38F4N2O4. The summed E-state index contributed by atoms with van der Waals surface area (Å²) >= 11 is 0. The first kappa shape index (κ1) is 44.8. The van der Waals surface area contributed by atoms with Gasteiger partial charge in [-0.25, -0.2) is 17.6 Å². The van der Waals surface area contributed by atoms with Gasteiger partial charge in [0.2, 0.25) is 0 Å². The summed E-state index contributed by atoms with van der Waals surface area (Å²) in [6, 6.07) is 63.4. The second kappa shape index (κ2) is 16.6. The first-order valence-electron chi connectivity index (χ1n) is 26.4. The summed E-state index contributed by atoms with van der Waals surface area (Å²) in [5, 5.41) is 11.4. The summed E-state index contributed by atoms with van der Waals surface area (Å²) in [5.74, 6) is -2.10. The largest absolute Gasteiger partial charge is 0.458 e. The van der Waals surface area contributed by atoms with Crippen molar-refractivity contribution in [3.05, 3.63) is 252 Å². The molecule has 380 valence electrons. The van der Waals surface area contributed by atoms with Crippen molar-refractivity contribution in [2.24, 2.45) is 0 Å². The Hall–Kier alpha value is -10.3. The van der Waals surface area contributed by atoms with Crippen molar-refractivity contribution in [3.8, 4) is 5.75 Å². The topological polar surface area (TPSA) is 55.1 Å². The number of anilines is 6. The van der Waals surface area contributed by atoms with Crippen LogP contribution in [0.5, 0.6) is 5.75 Å². The monoisotopic (exact) mass is 1050 g/mol. The van der Waals surface area contributed by atoms with Gasteiger partial charge < -0.3 is 27.8 Å². The number of furan rings is 3. The molecule has 10 heteroatoms. The number of hydrogen-bond acceptors (Lipinski definition) is 6. The minimum atomic E-state index is -0.754. The average molecular weight is 1050 g/mol. The van der Waals surface area contributed by atoms with Gasteiger partial charge in [-0.05, 0) is 159 Å². The fourth-order valence-corrected chi connectivity index (χ4v) is 12.8. The number of hydrogen-bond donors (Lipinski definition) is 0. The van der Waals surface area contributed by atoms with Crippen LogP contribution in [0.1, 0.15) is 22.6 Å². The van der Waals surface area contributed by atoms with Crippen molar-refractivity contribution >= 4 is 138 Å². The van der Waals surface area contributed by atoms with Gasteiger partial charge in [0.15, 0.2) is 11.3 Å². The molecule has 0 N–H and O–H groups in total. The number of rotatable bonds is 6. The Labute approximate surface area is 451 Å². The van der Waals surface area contributed by atoms with Crippen LogP contribution in [0.25, 0.3) is 104 Å². The molecule has 12 aromatic carbocycles. The minimum absolute atomic E-state index is 0.212.